The topological polar surface area (TPSA) is 20.3 Å². The van der Waals surface area contributed by atoms with Crippen LogP contribution in [0.15, 0.2) is 18.2 Å². The van der Waals surface area contributed by atoms with Crippen LogP contribution in [0.25, 0.3) is 0 Å². The lowest BCUT2D eigenvalue weighted by Crippen LogP contribution is -2.44. The molecule has 1 aliphatic rings. The van der Waals surface area contributed by atoms with Crippen LogP contribution < -0.4 is 0 Å². The second-order valence-corrected chi connectivity index (χ2v) is 6.31. The zero-order chi connectivity index (χ0) is 13.8. The Hall–Kier alpha value is -0.540. The van der Waals surface area contributed by atoms with Gasteiger partial charge in [0.05, 0.1) is 0 Å². The third kappa shape index (κ3) is 3.51. The van der Waals surface area contributed by atoms with Crippen molar-refractivity contribution in [3.05, 3.63) is 34.3 Å². The average Bonchev–Trinajstić information content (AvgIpc) is 2.42. The summed E-state index contributed by atoms with van der Waals surface area (Å²) in [6.45, 7) is 2.83. The number of carbonyl (C=O) groups is 1. The van der Waals surface area contributed by atoms with Crippen molar-refractivity contribution in [1.29, 1.82) is 0 Å². The lowest BCUT2D eigenvalue weighted by molar-refractivity contribution is 0.0609. The van der Waals surface area contributed by atoms with Gasteiger partial charge in [-0.3, -0.25) is 4.79 Å². The van der Waals surface area contributed by atoms with Crippen LogP contribution in [0, 0.1) is 6.92 Å². The minimum absolute atomic E-state index is 0.130. The minimum Gasteiger partial charge on any atom is -0.336 e. The lowest BCUT2D eigenvalue weighted by atomic mass is 9.98. The van der Waals surface area contributed by atoms with Crippen LogP contribution in [-0.4, -0.2) is 28.7 Å². The fourth-order valence-electron chi connectivity index (χ4n) is 2.67. The molecule has 1 amide bonds. The number of piperidine rings is 1. The highest BCUT2D eigenvalue weighted by atomic mass is 79.9. The normalized spacial score (nSPS) is 19.5. The quantitative estimate of drug-likeness (QED) is 0.743. The van der Waals surface area contributed by atoms with Crippen molar-refractivity contribution in [2.45, 2.75) is 38.6 Å². The molecule has 1 saturated heterocycles. The number of hydrogen-bond acceptors (Lipinski definition) is 1. The van der Waals surface area contributed by atoms with Gasteiger partial charge in [-0.2, -0.15) is 0 Å². The van der Waals surface area contributed by atoms with Gasteiger partial charge in [-0.05, 0) is 50.3 Å². The fraction of sp³-hybridized carbons (Fsp3) is 0.533. The highest BCUT2D eigenvalue weighted by molar-refractivity contribution is 9.09. The van der Waals surface area contributed by atoms with E-state index in [9.17, 15) is 4.79 Å². The van der Waals surface area contributed by atoms with E-state index in [1.807, 2.05) is 24.0 Å². The summed E-state index contributed by atoms with van der Waals surface area (Å²) in [6, 6.07) is 5.90. The van der Waals surface area contributed by atoms with Gasteiger partial charge in [-0.25, -0.2) is 0 Å². The molecule has 2 rings (SSSR count). The molecular weight excluding hydrogens is 326 g/mol. The van der Waals surface area contributed by atoms with Gasteiger partial charge in [0.15, 0.2) is 0 Å². The Morgan fingerprint density at radius 1 is 1.47 bits per heavy atom. The van der Waals surface area contributed by atoms with Gasteiger partial charge < -0.3 is 4.90 Å². The van der Waals surface area contributed by atoms with E-state index >= 15 is 0 Å². The molecule has 0 saturated carbocycles. The van der Waals surface area contributed by atoms with E-state index in [2.05, 4.69) is 15.9 Å². The monoisotopic (exact) mass is 343 g/mol. The van der Waals surface area contributed by atoms with E-state index in [0.717, 1.165) is 42.3 Å². The van der Waals surface area contributed by atoms with Gasteiger partial charge in [-0.1, -0.05) is 33.6 Å². The molecule has 0 N–H and O–H groups in total. The number of benzene rings is 1. The molecule has 2 nitrogen and oxygen atoms in total. The number of rotatable bonds is 3. The number of likely N-dealkylation sites (tertiary alicyclic amines) is 1. The molecule has 4 heteroatoms. The smallest absolute Gasteiger partial charge is 0.254 e. The van der Waals surface area contributed by atoms with Crippen LogP contribution >= 0.6 is 27.5 Å². The minimum atomic E-state index is 0.130. The molecule has 1 unspecified atom stereocenters. The predicted octanol–water partition coefficient (Wildman–Crippen LogP) is 4.43. The number of hydrogen-bond donors (Lipinski definition) is 0. The summed E-state index contributed by atoms with van der Waals surface area (Å²) in [5.74, 6) is 0.130. The Labute approximate surface area is 128 Å². The van der Waals surface area contributed by atoms with Crippen LogP contribution in [-0.2, 0) is 0 Å². The molecule has 1 fully saturated rings. The summed E-state index contributed by atoms with van der Waals surface area (Å²) < 4.78 is 0. The van der Waals surface area contributed by atoms with Crippen molar-refractivity contribution in [2.75, 3.05) is 11.9 Å². The molecule has 1 heterocycles. The Bertz CT molecular complexity index is 461. The van der Waals surface area contributed by atoms with Crippen molar-refractivity contribution in [3.63, 3.8) is 0 Å². The third-order valence-corrected chi connectivity index (χ3v) is 4.45. The number of amides is 1. The van der Waals surface area contributed by atoms with Crippen LogP contribution in [0.5, 0.6) is 0 Å². The van der Waals surface area contributed by atoms with Gasteiger partial charge in [0, 0.05) is 28.5 Å². The maximum atomic E-state index is 12.7. The van der Waals surface area contributed by atoms with Crippen LogP contribution in [0.1, 0.15) is 41.6 Å². The van der Waals surface area contributed by atoms with E-state index in [0.29, 0.717) is 11.1 Å². The summed E-state index contributed by atoms with van der Waals surface area (Å²) in [6.07, 6.45) is 4.45. The lowest BCUT2D eigenvalue weighted by Gasteiger charge is -2.36. The molecule has 1 aromatic rings. The number of alkyl halides is 1. The van der Waals surface area contributed by atoms with E-state index < -0.39 is 0 Å². The number of nitrogens with zero attached hydrogens (tertiary/aromatic N) is 1. The maximum absolute atomic E-state index is 12.7. The second-order valence-electron chi connectivity index (χ2n) is 5.09. The molecule has 0 radical (unpaired) electrons. The number of aryl methyl sites for hydroxylation is 1. The first kappa shape index (κ1) is 14.9. The number of carbonyl (C=O) groups excluding carboxylic acids is 1. The number of halogens is 2. The highest BCUT2D eigenvalue weighted by Crippen LogP contribution is 2.25. The van der Waals surface area contributed by atoms with Gasteiger partial charge in [0.2, 0.25) is 0 Å². The zero-order valence-corrected chi connectivity index (χ0v) is 13.5. The van der Waals surface area contributed by atoms with E-state index in [-0.39, 0.29) is 5.91 Å². The Morgan fingerprint density at radius 3 is 3.00 bits per heavy atom. The molecule has 0 aliphatic carbocycles. The first-order valence-electron chi connectivity index (χ1n) is 6.76. The van der Waals surface area contributed by atoms with Gasteiger partial charge in [-0.15, -0.1) is 0 Å². The van der Waals surface area contributed by atoms with Crippen molar-refractivity contribution < 1.29 is 4.79 Å². The second kappa shape index (κ2) is 6.76. The highest BCUT2D eigenvalue weighted by Gasteiger charge is 2.27. The van der Waals surface area contributed by atoms with Crippen LogP contribution in [0.3, 0.4) is 0 Å². The van der Waals surface area contributed by atoms with Gasteiger partial charge in [0.1, 0.15) is 0 Å². The Balaban J connectivity index is 2.23. The standard InChI is InChI=1S/C15H19BrClNO/c1-11-5-6-12(17)10-14(11)15(19)18-9-3-2-4-13(18)7-8-16/h5-6,10,13H,2-4,7-9H2,1H3. The predicted molar refractivity (Wildman–Crippen MR) is 83.3 cm³/mol. The third-order valence-electron chi connectivity index (χ3n) is 3.76. The summed E-state index contributed by atoms with van der Waals surface area (Å²) in [7, 11) is 0. The largest absolute Gasteiger partial charge is 0.336 e. The SMILES string of the molecule is Cc1ccc(Cl)cc1C(=O)N1CCCCC1CCBr. The Kier molecular flexibility index (Phi) is 5.28. The van der Waals surface area contributed by atoms with Crippen LogP contribution in [0.4, 0.5) is 0 Å². The van der Waals surface area contributed by atoms with E-state index in [1.54, 1.807) is 6.07 Å². The molecule has 1 aromatic carbocycles. The molecule has 0 spiro atoms. The van der Waals surface area contributed by atoms with Crippen molar-refractivity contribution in [1.82, 2.24) is 4.90 Å². The summed E-state index contributed by atoms with van der Waals surface area (Å²) >= 11 is 9.50. The van der Waals surface area contributed by atoms with E-state index in [1.165, 1.54) is 6.42 Å². The molecule has 104 valence electrons. The molecule has 1 aliphatic heterocycles. The Morgan fingerprint density at radius 2 is 2.26 bits per heavy atom. The van der Waals surface area contributed by atoms with Crippen molar-refractivity contribution in [2.24, 2.45) is 0 Å². The summed E-state index contributed by atoms with van der Waals surface area (Å²) in [5.41, 5.74) is 1.74. The van der Waals surface area contributed by atoms with Crippen LogP contribution in [0.2, 0.25) is 5.02 Å². The van der Waals surface area contributed by atoms with Crippen molar-refractivity contribution in [3.8, 4) is 0 Å². The zero-order valence-electron chi connectivity index (χ0n) is 11.2. The molecule has 0 aromatic heterocycles. The van der Waals surface area contributed by atoms with Gasteiger partial charge >= 0.3 is 0 Å². The summed E-state index contributed by atoms with van der Waals surface area (Å²) in [4.78, 5) is 14.7. The fourth-order valence-corrected chi connectivity index (χ4v) is 3.37. The maximum Gasteiger partial charge on any atom is 0.254 e. The molecular formula is C15H19BrClNO. The first-order chi connectivity index (χ1) is 9.13. The molecule has 1 atom stereocenters. The molecule has 19 heavy (non-hydrogen) atoms. The molecule has 0 bridgehead atoms. The average molecular weight is 345 g/mol. The van der Waals surface area contributed by atoms with Gasteiger partial charge in [0.25, 0.3) is 5.91 Å². The summed E-state index contributed by atoms with van der Waals surface area (Å²) in [5, 5.41) is 1.57. The first-order valence-corrected chi connectivity index (χ1v) is 8.26. The van der Waals surface area contributed by atoms with Crippen molar-refractivity contribution >= 4 is 33.4 Å². The van der Waals surface area contributed by atoms with E-state index in [4.69, 9.17) is 11.6 Å².